The predicted octanol–water partition coefficient (Wildman–Crippen LogP) is 3.78. The molecule has 1 aromatic carbocycles. The molecule has 0 aromatic heterocycles. The summed E-state index contributed by atoms with van der Waals surface area (Å²) in [5.41, 5.74) is 4.05. The topological polar surface area (TPSA) is 40.5 Å². The van der Waals surface area contributed by atoms with Gasteiger partial charge in [0, 0.05) is 5.41 Å². The number of aromatic hydroxyl groups is 1. The summed E-state index contributed by atoms with van der Waals surface area (Å²) in [6, 6.07) is 5.89. The summed E-state index contributed by atoms with van der Waals surface area (Å²) in [7, 11) is 0. The van der Waals surface area contributed by atoms with Crippen LogP contribution in [0.4, 0.5) is 0 Å². The van der Waals surface area contributed by atoms with Crippen LogP contribution in [-0.4, -0.2) is 16.3 Å². The molecule has 2 saturated carbocycles. The molecule has 0 saturated heterocycles. The zero-order chi connectivity index (χ0) is 14.8. The highest BCUT2D eigenvalue weighted by molar-refractivity contribution is 5.41. The van der Waals surface area contributed by atoms with Gasteiger partial charge in [0.1, 0.15) is 5.75 Å². The van der Waals surface area contributed by atoms with Crippen molar-refractivity contribution in [1.29, 1.82) is 0 Å². The van der Waals surface area contributed by atoms with Gasteiger partial charge in [-0.2, -0.15) is 0 Å². The van der Waals surface area contributed by atoms with Crippen molar-refractivity contribution in [3.05, 3.63) is 41.5 Å². The van der Waals surface area contributed by atoms with Gasteiger partial charge in [0.15, 0.2) is 0 Å². The van der Waals surface area contributed by atoms with Crippen LogP contribution in [-0.2, 0) is 6.42 Å². The fourth-order valence-electron chi connectivity index (χ4n) is 5.56. The Hall–Kier alpha value is -1.28. The number of hydrogen-bond donors (Lipinski definition) is 2. The van der Waals surface area contributed by atoms with E-state index in [9.17, 15) is 10.2 Å². The summed E-state index contributed by atoms with van der Waals surface area (Å²) in [6.45, 7) is 6.56. The van der Waals surface area contributed by atoms with Gasteiger partial charge in [-0.15, -0.1) is 0 Å². The number of rotatable bonds is 0. The molecule has 21 heavy (non-hydrogen) atoms. The van der Waals surface area contributed by atoms with E-state index in [1.165, 1.54) is 16.7 Å². The van der Waals surface area contributed by atoms with Crippen LogP contribution >= 0.6 is 0 Å². The molecule has 3 aliphatic carbocycles. The van der Waals surface area contributed by atoms with E-state index in [-0.39, 0.29) is 11.5 Å². The van der Waals surface area contributed by atoms with E-state index in [1.807, 2.05) is 12.1 Å². The van der Waals surface area contributed by atoms with Gasteiger partial charge in [-0.3, -0.25) is 0 Å². The van der Waals surface area contributed by atoms with Crippen LogP contribution in [0, 0.1) is 17.3 Å². The lowest BCUT2D eigenvalue weighted by Crippen LogP contribution is -2.44. The van der Waals surface area contributed by atoms with Crippen molar-refractivity contribution in [2.45, 2.75) is 51.0 Å². The van der Waals surface area contributed by atoms with Gasteiger partial charge in [-0.1, -0.05) is 25.1 Å². The van der Waals surface area contributed by atoms with E-state index < -0.39 is 0 Å². The Balaban J connectivity index is 1.75. The summed E-state index contributed by atoms with van der Waals surface area (Å²) in [5.74, 6) is 2.04. The maximum absolute atomic E-state index is 10.5. The molecule has 2 heteroatoms. The van der Waals surface area contributed by atoms with Crippen LogP contribution in [0.15, 0.2) is 30.4 Å². The van der Waals surface area contributed by atoms with E-state index in [1.54, 1.807) is 0 Å². The third-order valence-corrected chi connectivity index (χ3v) is 6.58. The van der Waals surface area contributed by atoms with E-state index in [0.717, 1.165) is 32.1 Å². The first kappa shape index (κ1) is 13.4. The van der Waals surface area contributed by atoms with Gasteiger partial charge in [-0.25, -0.2) is 0 Å². The molecule has 0 unspecified atom stereocenters. The molecule has 3 aliphatic rings. The Morgan fingerprint density at radius 2 is 2.10 bits per heavy atom. The quantitative estimate of drug-likeness (QED) is 0.712. The second-order valence-corrected chi connectivity index (χ2v) is 7.59. The Kier molecular flexibility index (Phi) is 2.78. The van der Waals surface area contributed by atoms with Gasteiger partial charge >= 0.3 is 0 Å². The molecule has 0 aliphatic heterocycles. The average molecular weight is 284 g/mol. The summed E-state index contributed by atoms with van der Waals surface area (Å²) >= 11 is 0. The molecule has 1 aromatic rings. The smallest absolute Gasteiger partial charge is 0.115 e. The van der Waals surface area contributed by atoms with Crippen molar-refractivity contribution < 1.29 is 10.2 Å². The lowest BCUT2D eigenvalue weighted by Gasteiger charge is -2.50. The second kappa shape index (κ2) is 4.36. The van der Waals surface area contributed by atoms with Gasteiger partial charge in [0.2, 0.25) is 0 Å². The maximum atomic E-state index is 10.5. The van der Waals surface area contributed by atoms with Gasteiger partial charge < -0.3 is 10.2 Å². The van der Waals surface area contributed by atoms with Crippen LogP contribution in [0.1, 0.15) is 49.7 Å². The Bertz CT molecular complexity index is 606. The molecule has 112 valence electrons. The minimum Gasteiger partial charge on any atom is -0.508 e. The Labute approximate surface area is 126 Å². The standard InChI is InChI=1S/C19H24O2/c1-11-9-17(21)19(2)8-7-15-14-6-4-13(20)10-12(14)3-5-16(15)18(11)19/h4,6,10,15-18,20-21H,1,3,5,7-9H2,2H3/t15-,16-,17+,18+,19-/m1/s1. The number of aliphatic hydroxyl groups excluding tert-OH is 1. The highest BCUT2D eigenvalue weighted by Gasteiger charge is 2.55. The van der Waals surface area contributed by atoms with Crippen LogP contribution in [0.2, 0.25) is 0 Å². The van der Waals surface area contributed by atoms with E-state index in [2.05, 4.69) is 19.6 Å². The molecule has 0 amide bonds. The molecule has 2 N–H and O–H groups in total. The first-order valence-electron chi connectivity index (χ1n) is 8.18. The Morgan fingerprint density at radius 3 is 2.90 bits per heavy atom. The monoisotopic (exact) mass is 284 g/mol. The average Bonchev–Trinajstić information content (AvgIpc) is 2.68. The minimum atomic E-state index is -0.211. The molecule has 0 heterocycles. The normalized spacial score (nSPS) is 41.3. The van der Waals surface area contributed by atoms with E-state index in [4.69, 9.17) is 0 Å². The minimum absolute atomic E-state index is 0.0344. The number of benzene rings is 1. The molecule has 0 radical (unpaired) electrons. The summed E-state index contributed by atoms with van der Waals surface area (Å²) in [6.07, 6.45) is 5.01. The number of fused-ring (bicyclic) bond motifs is 5. The fourth-order valence-corrected chi connectivity index (χ4v) is 5.56. The third-order valence-electron chi connectivity index (χ3n) is 6.58. The lowest BCUT2D eigenvalue weighted by molar-refractivity contribution is -0.0178. The van der Waals surface area contributed by atoms with Crippen LogP contribution in [0.5, 0.6) is 5.75 Å². The molecular formula is C19H24O2. The van der Waals surface area contributed by atoms with Crippen LogP contribution < -0.4 is 0 Å². The van der Waals surface area contributed by atoms with E-state index >= 15 is 0 Å². The zero-order valence-corrected chi connectivity index (χ0v) is 12.7. The van der Waals surface area contributed by atoms with Crippen LogP contribution in [0.3, 0.4) is 0 Å². The number of aryl methyl sites for hydroxylation is 1. The van der Waals surface area contributed by atoms with Crippen molar-refractivity contribution in [3.63, 3.8) is 0 Å². The van der Waals surface area contributed by atoms with Crippen LogP contribution in [0.25, 0.3) is 0 Å². The molecule has 4 rings (SSSR count). The number of phenols is 1. The predicted molar refractivity (Wildman–Crippen MR) is 83.3 cm³/mol. The van der Waals surface area contributed by atoms with Crippen molar-refractivity contribution in [2.75, 3.05) is 0 Å². The van der Waals surface area contributed by atoms with Crippen molar-refractivity contribution in [1.82, 2.24) is 0 Å². The van der Waals surface area contributed by atoms with Gasteiger partial charge in [0.05, 0.1) is 6.10 Å². The molecule has 5 atom stereocenters. The SMILES string of the molecule is C=C1C[C@H](O)[C@@]2(C)CC[C@@H]3c4ccc(O)cc4CC[C@H]3[C@H]12. The molecule has 0 spiro atoms. The fraction of sp³-hybridized carbons (Fsp3) is 0.579. The third kappa shape index (κ3) is 1.75. The highest BCUT2D eigenvalue weighted by atomic mass is 16.3. The van der Waals surface area contributed by atoms with Crippen molar-refractivity contribution in [2.24, 2.45) is 17.3 Å². The maximum Gasteiger partial charge on any atom is 0.115 e. The first-order valence-corrected chi connectivity index (χ1v) is 8.18. The summed E-state index contributed by atoms with van der Waals surface area (Å²) < 4.78 is 0. The second-order valence-electron chi connectivity index (χ2n) is 7.59. The number of hydrogen-bond acceptors (Lipinski definition) is 2. The summed E-state index contributed by atoms with van der Waals surface area (Å²) in [4.78, 5) is 0. The van der Waals surface area contributed by atoms with E-state index in [0.29, 0.717) is 23.5 Å². The van der Waals surface area contributed by atoms with Crippen molar-refractivity contribution in [3.8, 4) is 5.75 Å². The largest absolute Gasteiger partial charge is 0.508 e. The molecule has 2 fully saturated rings. The highest BCUT2D eigenvalue weighted by Crippen LogP contribution is 2.62. The zero-order valence-electron chi connectivity index (χ0n) is 12.7. The molecule has 2 nitrogen and oxygen atoms in total. The Morgan fingerprint density at radius 1 is 1.29 bits per heavy atom. The molecule has 0 bridgehead atoms. The van der Waals surface area contributed by atoms with Crippen molar-refractivity contribution >= 4 is 0 Å². The lowest BCUT2D eigenvalue weighted by atomic mass is 9.55. The van der Waals surface area contributed by atoms with Gasteiger partial charge in [-0.05, 0) is 73.1 Å². The number of aliphatic hydroxyl groups is 1. The first-order chi connectivity index (χ1) is 10.0. The number of phenolic OH excluding ortho intramolecular Hbond substituents is 1. The summed E-state index contributed by atoms with van der Waals surface area (Å²) in [5, 5.41) is 20.2. The molecular weight excluding hydrogens is 260 g/mol. The van der Waals surface area contributed by atoms with Gasteiger partial charge in [0.25, 0.3) is 0 Å².